The summed E-state index contributed by atoms with van der Waals surface area (Å²) in [6, 6.07) is 5.54. The first kappa shape index (κ1) is 14.8. The maximum absolute atomic E-state index is 6.18. The number of aryl methyl sites for hydroxylation is 2. The highest BCUT2D eigenvalue weighted by Crippen LogP contribution is 2.23. The Morgan fingerprint density at radius 3 is 2.58 bits per heavy atom. The summed E-state index contributed by atoms with van der Waals surface area (Å²) in [5.41, 5.74) is 8.30. The van der Waals surface area contributed by atoms with Gasteiger partial charge in [-0.25, -0.2) is 4.98 Å². The summed E-state index contributed by atoms with van der Waals surface area (Å²) >= 11 is 13.7. The van der Waals surface area contributed by atoms with E-state index in [0.29, 0.717) is 10.0 Å². The highest BCUT2D eigenvalue weighted by atomic mass is 35.5. The van der Waals surface area contributed by atoms with E-state index in [2.05, 4.69) is 11.9 Å². The molecule has 5 heteroatoms. The Labute approximate surface area is 127 Å². The molecule has 0 fully saturated rings. The summed E-state index contributed by atoms with van der Waals surface area (Å²) in [7, 11) is 0. The lowest BCUT2D eigenvalue weighted by Crippen LogP contribution is -2.25. The predicted molar refractivity (Wildman–Crippen MR) is 83.4 cm³/mol. The van der Waals surface area contributed by atoms with E-state index in [1.165, 1.54) is 4.88 Å². The third kappa shape index (κ3) is 3.93. The van der Waals surface area contributed by atoms with Crippen LogP contribution < -0.4 is 5.73 Å². The summed E-state index contributed by atoms with van der Waals surface area (Å²) in [5, 5.41) is 2.41. The van der Waals surface area contributed by atoms with Gasteiger partial charge in [0.25, 0.3) is 0 Å². The van der Waals surface area contributed by atoms with Crippen LogP contribution in [0.5, 0.6) is 0 Å². The number of aromatic nitrogens is 1. The lowest BCUT2D eigenvalue weighted by molar-refractivity contribution is 0.661. The van der Waals surface area contributed by atoms with Crippen LogP contribution in [-0.2, 0) is 12.8 Å². The van der Waals surface area contributed by atoms with Crippen molar-refractivity contribution in [2.24, 2.45) is 5.73 Å². The van der Waals surface area contributed by atoms with E-state index in [-0.39, 0.29) is 6.04 Å². The van der Waals surface area contributed by atoms with Crippen molar-refractivity contribution in [2.45, 2.75) is 32.7 Å². The van der Waals surface area contributed by atoms with Crippen molar-refractivity contribution in [3.8, 4) is 0 Å². The van der Waals surface area contributed by atoms with E-state index < -0.39 is 0 Å². The number of hydrogen-bond acceptors (Lipinski definition) is 3. The molecule has 0 saturated carbocycles. The predicted octanol–water partition coefficient (Wildman–Crippen LogP) is 4.18. The first-order valence-corrected chi connectivity index (χ1v) is 7.65. The van der Waals surface area contributed by atoms with Gasteiger partial charge in [0.1, 0.15) is 0 Å². The molecule has 1 aromatic carbocycles. The minimum atomic E-state index is 0.0172. The fourth-order valence-electron chi connectivity index (χ4n) is 1.89. The van der Waals surface area contributed by atoms with Crippen LogP contribution in [0.2, 0.25) is 10.0 Å². The molecule has 0 saturated heterocycles. The SMILES string of the molecule is Cc1nc(CC(N)Cc2ccc(Cl)cc2Cl)sc1C. The average molecular weight is 315 g/mol. The Hall–Kier alpha value is -0.610. The van der Waals surface area contributed by atoms with E-state index in [4.69, 9.17) is 28.9 Å². The minimum Gasteiger partial charge on any atom is -0.327 e. The maximum atomic E-state index is 6.18. The zero-order valence-electron chi connectivity index (χ0n) is 10.9. The van der Waals surface area contributed by atoms with Gasteiger partial charge >= 0.3 is 0 Å². The topological polar surface area (TPSA) is 38.9 Å². The van der Waals surface area contributed by atoms with Crippen molar-refractivity contribution in [1.82, 2.24) is 4.98 Å². The van der Waals surface area contributed by atoms with Gasteiger partial charge in [0.15, 0.2) is 0 Å². The quantitative estimate of drug-likeness (QED) is 0.919. The van der Waals surface area contributed by atoms with E-state index >= 15 is 0 Å². The second-order valence-corrected chi connectivity index (χ2v) is 6.78. The third-order valence-corrected chi connectivity index (χ3v) is 4.69. The number of hydrogen-bond donors (Lipinski definition) is 1. The molecule has 0 radical (unpaired) electrons. The Morgan fingerprint density at radius 1 is 1.26 bits per heavy atom. The first-order valence-electron chi connectivity index (χ1n) is 6.08. The van der Waals surface area contributed by atoms with Crippen molar-refractivity contribution in [3.63, 3.8) is 0 Å². The van der Waals surface area contributed by atoms with E-state index in [1.54, 1.807) is 17.4 Å². The molecule has 2 nitrogen and oxygen atoms in total. The van der Waals surface area contributed by atoms with Crippen LogP contribution in [0.1, 0.15) is 21.1 Å². The summed E-state index contributed by atoms with van der Waals surface area (Å²) in [5.74, 6) is 0. The summed E-state index contributed by atoms with van der Waals surface area (Å²) in [6.07, 6.45) is 1.51. The van der Waals surface area contributed by atoms with Crippen LogP contribution >= 0.6 is 34.5 Å². The molecular weight excluding hydrogens is 299 g/mol. The maximum Gasteiger partial charge on any atom is 0.0946 e. The molecule has 1 aromatic heterocycles. The zero-order valence-corrected chi connectivity index (χ0v) is 13.2. The second-order valence-electron chi connectivity index (χ2n) is 4.65. The Kier molecular flexibility index (Phi) is 4.85. The molecule has 0 aliphatic heterocycles. The highest BCUT2D eigenvalue weighted by Gasteiger charge is 2.12. The number of thiazole rings is 1. The summed E-state index contributed by atoms with van der Waals surface area (Å²) in [6.45, 7) is 4.11. The van der Waals surface area contributed by atoms with Gasteiger partial charge in [-0.05, 0) is 38.0 Å². The number of rotatable bonds is 4. The molecule has 1 heterocycles. The fraction of sp³-hybridized carbons (Fsp3) is 0.357. The monoisotopic (exact) mass is 314 g/mol. The van der Waals surface area contributed by atoms with Crippen LogP contribution in [0, 0.1) is 13.8 Å². The molecule has 0 aliphatic carbocycles. The fourth-order valence-corrected chi connectivity index (χ4v) is 3.41. The van der Waals surface area contributed by atoms with E-state index in [9.17, 15) is 0 Å². The average Bonchev–Trinajstić information content (AvgIpc) is 2.62. The Balaban J connectivity index is 2.02. The standard InChI is InChI=1S/C14H16Cl2N2S/c1-8-9(2)19-14(18-8)7-12(17)5-10-3-4-11(15)6-13(10)16/h3-4,6,12H,5,7,17H2,1-2H3. The Morgan fingerprint density at radius 2 is 2.00 bits per heavy atom. The zero-order chi connectivity index (χ0) is 14.0. The number of halogens is 2. The Bertz CT molecular complexity index is 561. The van der Waals surface area contributed by atoms with Gasteiger partial charge in [-0.3, -0.25) is 0 Å². The number of nitrogens with zero attached hydrogens (tertiary/aromatic N) is 1. The van der Waals surface area contributed by atoms with Crippen LogP contribution in [0.3, 0.4) is 0 Å². The highest BCUT2D eigenvalue weighted by molar-refractivity contribution is 7.11. The largest absolute Gasteiger partial charge is 0.327 e. The normalized spacial score (nSPS) is 12.7. The molecule has 2 N–H and O–H groups in total. The minimum absolute atomic E-state index is 0.0172. The van der Waals surface area contributed by atoms with Crippen LogP contribution in [0.4, 0.5) is 0 Å². The molecule has 0 aliphatic rings. The van der Waals surface area contributed by atoms with Crippen molar-refractivity contribution in [3.05, 3.63) is 49.4 Å². The van der Waals surface area contributed by atoms with Gasteiger partial charge in [0.05, 0.1) is 10.7 Å². The molecule has 1 unspecified atom stereocenters. The van der Waals surface area contributed by atoms with Gasteiger partial charge in [0.2, 0.25) is 0 Å². The molecule has 0 spiro atoms. The molecule has 19 heavy (non-hydrogen) atoms. The van der Waals surface area contributed by atoms with Crippen LogP contribution in [0.15, 0.2) is 18.2 Å². The molecule has 2 rings (SSSR count). The number of nitrogens with two attached hydrogens (primary N) is 1. The van der Waals surface area contributed by atoms with Gasteiger partial charge in [-0.15, -0.1) is 11.3 Å². The smallest absolute Gasteiger partial charge is 0.0946 e. The van der Waals surface area contributed by atoms with Crippen LogP contribution in [-0.4, -0.2) is 11.0 Å². The summed E-state index contributed by atoms with van der Waals surface area (Å²) in [4.78, 5) is 5.77. The lowest BCUT2D eigenvalue weighted by Gasteiger charge is -2.11. The molecule has 102 valence electrons. The summed E-state index contributed by atoms with van der Waals surface area (Å²) < 4.78 is 0. The molecule has 1 atom stereocenters. The van der Waals surface area contributed by atoms with Crippen molar-refractivity contribution >= 4 is 34.5 Å². The van der Waals surface area contributed by atoms with Gasteiger partial charge in [0, 0.05) is 27.4 Å². The van der Waals surface area contributed by atoms with E-state index in [0.717, 1.165) is 29.1 Å². The van der Waals surface area contributed by atoms with Crippen LogP contribution in [0.25, 0.3) is 0 Å². The number of benzene rings is 1. The van der Waals surface area contributed by atoms with Gasteiger partial charge in [-0.2, -0.15) is 0 Å². The van der Waals surface area contributed by atoms with Crippen molar-refractivity contribution in [1.29, 1.82) is 0 Å². The molecule has 0 bridgehead atoms. The van der Waals surface area contributed by atoms with E-state index in [1.807, 2.05) is 19.1 Å². The first-order chi connectivity index (χ1) is 8.95. The molecular formula is C14H16Cl2N2S. The third-order valence-electron chi connectivity index (χ3n) is 3.01. The van der Waals surface area contributed by atoms with Crippen molar-refractivity contribution in [2.75, 3.05) is 0 Å². The molecule has 0 amide bonds. The lowest BCUT2D eigenvalue weighted by atomic mass is 10.0. The van der Waals surface area contributed by atoms with Gasteiger partial charge in [-0.1, -0.05) is 29.3 Å². The second kappa shape index (κ2) is 6.23. The van der Waals surface area contributed by atoms with Crippen molar-refractivity contribution < 1.29 is 0 Å². The molecule has 2 aromatic rings. The van der Waals surface area contributed by atoms with Gasteiger partial charge < -0.3 is 5.73 Å².